The summed E-state index contributed by atoms with van der Waals surface area (Å²) in [7, 11) is 0. The smallest absolute Gasteiger partial charge is 0.133 e. The molecular weight excluding hydrogens is 259 g/mol. The fourth-order valence-electron chi connectivity index (χ4n) is 2.83. The molecule has 0 spiro atoms. The molecule has 0 saturated heterocycles. The fourth-order valence-corrected chi connectivity index (χ4v) is 2.83. The molecule has 0 nitrogen and oxygen atoms in total. The summed E-state index contributed by atoms with van der Waals surface area (Å²) in [5.74, 6) is 0.130. The average molecular weight is 288 g/mol. The minimum atomic E-state index is -0.0944. The molecule has 0 heterocycles. The van der Waals surface area contributed by atoms with E-state index < -0.39 is 0 Å². The van der Waals surface area contributed by atoms with Gasteiger partial charge in [0.1, 0.15) is 5.82 Å². The highest BCUT2D eigenvalue weighted by Crippen LogP contribution is 2.32. The van der Waals surface area contributed by atoms with Crippen LogP contribution in [0.4, 0.5) is 4.39 Å². The van der Waals surface area contributed by atoms with Crippen LogP contribution < -0.4 is 0 Å². The van der Waals surface area contributed by atoms with Crippen LogP contribution in [0.15, 0.2) is 24.8 Å². The first-order valence-electron chi connectivity index (χ1n) is 7.97. The maximum absolute atomic E-state index is 14.7. The van der Waals surface area contributed by atoms with E-state index in [1.165, 1.54) is 11.1 Å². The molecule has 0 N–H and O–H groups in total. The Morgan fingerprint density at radius 2 is 1.86 bits per heavy atom. The van der Waals surface area contributed by atoms with Gasteiger partial charge >= 0.3 is 0 Å². The third-order valence-corrected chi connectivity index (χ3v) is 4.39. The van der Waals surface area contributed by atoms with Gasteiger partial charge in [0.2, 0.25) is 0 Å². The summed E-state index contributed by atoms with van der Waals surface area (Å²) in [6.45, 7) is 18.5. The highest BCUT2D eigenvalue weighted by molar-refractivity contribution is 5.68. The van der Waals surface area contributed by atoms with Gasteiger partial charge in [0.25, 0.3) is 0 Å². The van der Waals surface area contributed by atoms with Crippen LogP contribution >= 0.6 is 0 Å². The second-order valence-electron chi connectivity index (χ2n) is 6.14. The van der Waals surface area contributed by atoms with Gasteiger partial charge in [-0.1, -0.05) is 45.9 Å². The highest BCUT2D eigenvalue weighted by Gasteiger charge is 2.18. The van der Waals surface area contributed by atoms with Crippen molar-refractivity contribution in [1.82, 2.24) is 0 Å². The molecule has 21 heavy (non-hydrogen) atoms. The topological polar surface area (TPSA) is 0 Å². The Morgan fingerprint density at radius 3 is 2.38 bits per heavy atom. The van der Waals surface area contributed by atoms with Crippen LogP contribution in [0.3, 0.4) is 0 Å². The van der Waals surface area contributed by atoms with E-state index >= 15 is 0 Å². The lowest BCUT2D eigenvalue weighted by molar-refractivity contribution is 0.604. The van der Waals surface area contributed by atoms with E-state index in [1.807, 2.05) is 13.0 Å². The molecule has 1 aromatic carbocycles. The van der Waals surface area contributed by atoms with E-state index in [9.17, 15) is 4.39 Å². The van der Waals surface area contributed by atoms with Crippen molar-refractivity contribution in [3.63, 3.8) is 0 Å². The summed E-state index contributed by atoms with van der Waals surface area (Å²) in [5.41, 5.74) is 5.87. The Labute approximate surface area is 129 Å². The van der Waals surface area contributed by atoms with Crippen LogP contribution in [0.2, 0.25) is 0 Å². The third-order valence-electron chi connectivity index (χ3n) is 4.39. The number of benzene rings is 1. The van der Waals surface area contributed by atoms with Gasteiger partial charge in [-0.25, -0.2) is 4.39 Å². The minimum absolute atomic E-state index is 0.0944. The van der Waals surface area contributed by atoms with E-state index in [1.54, 1.807) is 0 Å². The molecule has 116 valence electrons. The molecule has 0 radical (unpaired) electrons. The molecular formula is C20H29F. The van der Waals surface area contributed by atoms with Gasteiger partial charge < -0.3 is 0 Å². The van der Waals surface area contributed by atoms with Crippen molar-refractivity contribution in [1.29, 1.82) is 0 Å². The van der Waals surface area contributed by atoms with E-state index in [4.69, 9.17) is 0 Å². The molecule has 1 unspecified atom stereocenters. The summed E-state index contributed by atoms with van der Waals surface area (Å²) < 4.78 is 14.7. The number of rotatable bonds is 7. The molecule has 0 fully saturated rings. The van der Waals surface area contributed by atoms with Crippen LogP contribution in [-0.2, 0) is 6.42 Å². The monoisotopic (exact) mass is 288 g/mol. The Kier molecular flexibility index (Phi) is 6.39. The van der Waals surface area contributed by atoms with Gasteiger partial charge in [-0.2, -0.15) is 0 Å². The van der Waals surface area contributed by atoms with E-state index in [0.717, 1.165) is 42.4 Å². The van der Waals surface area contributed by atoms with Crippen molar-refractivity contribution in [3.05, 3.63) is 52.9 Å². The van der Waals surface area contributed by atoms with Crippen LogP contribution in [0.25, 0.3) is 5.57 Å². The Balaban J connectivity index is 3.14. The molecule has 0 aliphatic carbocycles. The zero-order chi connectivity index (χ0) is 16.2. The van der Waals surface area contributed by atoms with Gasteiger partial charge in [0, 0.05) is 5.56 Å². The van der Waals surface area contributed by atoms with Crippen molar-refractivity contribution in [2.75, 3.05) is 0 Å². The molecule has 0 aromatic heterocycles. The molecule has 0 saturated carbocycles. The Bertz CT molecular complexity index is 537. The fraction of sp³-hybridized carbons (Fsp3) is 0.500. The van der Waals surface area contributed by atoms with Crippen molar-refractivity contribution in [2.24, 2.45) is 5.92 Å². The zero-order valence-electron chi connectivity index (χ0n) is 14.3. The lowest BCUT2D eigenvalue weighted by Crippen LogP contribution is -2.06. The molecule has 0 aliphatic heterocycles. The lowest BCUT2D eigenvalue weighted by Gasteiger charge is -2.20. The molecule has 0 aliphatic rings. The summed E-state index contributed by atoms with van der Waals surface area (Å²) in [5, 5.41) is 0. The summed E-state index contributed by atoms with van der Waals surface area (Å²) >= 11 is 0. The number of hydrogen-bond acceptors (Lipinski definition) is 0. The van der Waals surface area contributed by atoms with Gasteiger partial charge in [-0.3, -0.25) is 0 Å². The van der Waals surface area contributed by atoms with Gasteiger partial charge in [0.15, 0.2) is 0 Å². The quantitative estimate of drug-likeness (QED) is 0.509. The van der Waals surface area contributed by atoms with E-state index in [2.05, 4.69) is 40.9 Å². The molecule has 1 aromatic rings. The molecule has 1 rings (SSSR count). The first-order valence-corrected chi connectivity index (χ1v) is 7.97. The zero-order valence-corrected chi connectivity index (χ0v) is 14.3. The van der Waals surface area contributed by atoms with Crippen LogP contribution in [0.5, 0.6) is 0 Å². The van der Waals surface area contributed by atoms with Crippen LogP contribution in [0.1, 0.15) is 62.3 Å². The second-order valence-corrected chi connectivity index (χ2v) is 6.14. The molecule has 0 bridgehead atoms. The van der Waals surface area contributed by atoms with Gasteiger partial charge in [0.05, 0.1) is 0 Å². The number of halogens is 1. The van der Waals surface area contributed by atoms with Gasteiger partial charge in [-0.05, 0) is 67.4 Å². The van der Waals surface area contributed by atoms with Crippen molar-refractivity contribution >= 4 is 5.57 Å². The first kappa shape index (κ1) is 17.7. The summed E-state index contributed by atoms with van der Waals surface area (Å²) in [4.78, 5) is 0. The molecule has 1 heteroatoms. The molecule has 0 amide bonds. The third kappa shape index (κ3) is 4.06. The predicted octanol–water partition coefficient (Wildman–Crippen LogP) is 6.40. The number of allylic oxidation sites excluding steroid dienone is 2. The standard InChI is InChI=1S/C20H29F/c1-8-10-18-15(5)12-19(20(21)17(18)7)16(6)14(4)11-13(3)9-2/h12,14H,3,6,8-11H2,1-2,4-5,7H3. The van der Waals surface area contributed by atoms with Gasteiger partial charge in [-0.15, -0.1) is 0 Å². The predicted molar refractivity (Wildman–Crippen MR) is 92.1 cm³/mol. The largest absolute Gasteiger partial charge is 0.206 e. The summed E-state index contributed by atoms with van der Waals surface area (Å²) in [6, 6.07) is 1.97. The van der Waals surface area contributed by atoms with Crippen molar-refractivity contribution < 1.29 is 4.39 Å². The summed E-state index contributed by atoms with van der Waals surface area (Å²) in [6.07, 6.45) is 3.81. The maximum atomic E-state index is 14.7. The Hall–Kier alpha value is -1.37. The second kappa shape index (κ2) is 7.59. The van der Waals surface area contributed by atoms with Crippen LogP contribution in [0, 0.1) is 25.6 Å². The van der Waals surface area contributed by atoms with E-state index in [0.29, 0.717) is 5.56 Å². The van der Waals surface area contributed by atoms with Crippen molar-refractivity contribution in [3.8, 4) is 0 Å². The maximum Gasteiger partial charge on any atom is 0.133 e. The Morgan fingerprint density at radius 1 is 1.24 bits per heavy atom. The number of hydrogen-bond donors (Lipinski definition) is 0. The lowest BCUT2D eigenvalue weighted by atomic mass is 9.86. The number of aryl methyl sites for hydroxylation is 1. The minimum Gasteiger partial charge on any atom is -0.206 e. The normalized spacial score (nSPS) is 12.3. The van der Waals surface area contributed by atoms with E-state index in [-0.39, 0.29) is 11.7 Å². The average Bonchev–Trinajstić information content (AvgIpc) is 2.46. The van der Waals surface area contributed by atoms with Crippen LogP contribution in [-0.4, -0.2) is 0 Å². The SMILES string of the molecule is C=C(CC)CC(C)C(=C)c1cc(C)c(CCC)c(C)c1F. The van der Waals surface area contributed by atoms with Crippen molar-refractivity contribution in [2.45, 2.75) is 60.3 Å². The first-order chi connectivity index (χ1) is 9.83. The molecule has 1 atom stereocenters. The highest BCUT2D eigenvalue weighted by atomic mass is 19.1.